The average Bonchev–Trinajstić information content (AvgIpc) is 2.63. The van der Waals surface area contributed by atoms with Crippen molar-refractivity contribution in [1.82, 2.24) is 4.90 Å². The molecule has 1 aliphatic heterocycles. The highest BCUT2D eigenvalue weighted by molar-refractivity contribution is 5.46. The first kappa shape index (κ1) is 16.8. The van der Waals surface area contributed by atoms with Crippen LogP contribution in [0, 0.1) is 5.92 Å². The molecule has 3 nitrogen and oxygen atoms in total. The molecular weight excluding hydrogens is 296 g/mol. The van der Waals surface area contributed by atoms with Crippen molar-refractivity contribution in [3.8, 4) is 5.75 Å². The molecule has 0 spiro atoms. The fraction of sp³-hybridized carbons (Fsp3) is 0.429. The predicted octanol–water partition coefficient (Wildman–Crippen LogP) is 4.41. The third kappa shape index (κ3) is 5.00. The predicted molar refractivity (Wildman–Crippen MR) is 101 cm³/mol. The van der Waals surface area contributed by atoms with E-state index in [1.165, 1.54) is 37.2 Å². The van der Waals surface area contributed by atoms with Crippen LogP contribution in [0.3, 0.4) is 0 Å². The van der Waals surface area contributed by atoms with Gasteiger partial charge in [0.25, 0.3) is 0 Å². The minimum atomic E-state index is 0.717. The number of piperidine rings is 1. The van der Waals surface area contributed by atoms with Gasteiger partial charge in [-0.05, 0) is 68.6 Å². The molecule has 0 amide bonds. The number of hydrogen-bond acceptors (Lipinski definition) is 3. The van der Waals surface area contributed by atoms with Gasteiger partial charge in [-0.15, -0.1) is 0 Å². The van der Waals surface area contributed by atoms with Crippen molar-refractivity contribution in [3.05, 3.63) is 60.2 Å². The molecule has 1 heterocycles. The molecule has 1 aliphatic rings. The summed E-state index contributed by atoms with van der Waals surface area (Å²) in [6.07, 6.45) is 2.55. The number of anilines is 1. The maximum absolute atomic E-state index is 5.48. The fourth-order valence-corrected chi connectivity index (χ4v) is 3.29. The normalized spacial score (nSPS) is 16.0. The third-order valence-corrected chi connectivity index (χ3v) is 4.72. The zero-order chi connectivity index (χ0) is 16.6. The molecule has 128 valence electrons. The molecule has 3 heteroatoms. The topological polar surface area (TPSA) is 24.5 Å². The van der Waals surface area contributed by atoms with Crippen LogP contribution in [0.2, 0.25) is 0 Å². The Bertz CT molecular complexity index is 589. The van der Waals surface area contributed by atoms with E-state index in [-0.39, 0.29) is 0 Å². The van der Waals surface area contributed by atoms with E-state index in [1.807, 2.05) is 19.1 Å². The molecule has 0 unspecified atom stereocenters. The van der Waals surface area contributed by atoms with E-state index in [2.05, 4.69) is 52.7 Å². The molecule has 0 atom stereocenters. The smallest absolute Gasteiger partial charge is 0.119 e. The first-order chi connectivity index (χ1) is 11.8. The molecule has 0 aliphatic carbocycles. The Morgan fingerprint density at radius 2 is 1.71 bits per heavy atom. The largest absolute Gasteiger partial charge is 0.494 e. The van der Waals surface area contributed by atoms with Gasteiger partial charge in [-0.1, -0.05) is 30.3 Å². The summed E-state index contributed by atoms with van der Waals surface area (Å²) in [5.41, 5.74) is 2.61. The van der Waals surface area contributed by atoms with Crippen molar-refractivity contribution in [3.63, 3.8) is 0 Å². The van der Waals surface area contributed by atoms with Gasteiger partial charge in [-0.25, -0.2) is 0 Å². The Hall–Kier alpha value is -2.00. The Kier molecular flexibility index (Phi) is 6.13. The van der Waals surface area contributed by atoms with Crippen LogP contribution in [0.15, 0.2) is 54.6 Å². The highest BCUT2D eigenvalue weighted by Crippen LogP contribution is 2.21. The van der Waals surface area contributed by atoms with Crippen LogP contribution < -0.4 is 10.1 Å². The van der Waals surface area contributed by atoms with Crippen LogP contribution in [0.5, 0.6) is 5.75 Å². The molecule has 0 aromatic heterocycles. The van der Waals surface area contributed by atoms with Crippen LogP contribution in [0.25, 0.3) is 0 Å². The summed E-state index contributed by atoms with van der Waals surface area (Å²) in [5, 5.41) is 3.57. The second-order valence-electron chi connectivity index (χ2n) is 6.54. The highest BCUT2D eigenvalue weighted by atomic mass is 16.5. The van der Waals surface area contributed by atoms with E-state index in [1.54, 1.807) is 0 Å². The molecule has 3 rings (SSSR count). The lowest BCUT2D eigenvalue weighted by Gasteiger charge is -2.32. The van der Waals surface area contributed by atoms with Gasteiger partial charge in [0.15, 0.2) is 0 Å². The number of ether oxygens (including phenoxy) is 1. The van der Waals surface area contributed by atoms with Crippen molar-refractivity contribution in [2.45, 2.75) is 26.3 Å². The molecule has 2 aromatic carbocycles. The van der Waals surface area contributed by atoms with Gasteiger partial charge >= 0.3 is 0 Å². The lowest BCUT2D eigenvalue weighted by molar-refractivity contribution is 0.182. The van der Waals surface area contributed by atoms with Crippen LogP contribution in [0.1, 0.15) is 25.3 Å². The zero-order valence-electron chi connectivity index (χ0n) is 14.6. The Morgan fingerprint density at radius 3 is 2.38 bits per heavy atom. The molecule has 0 radical (unpaired) electrons. The van der Waals surface area contributed by atoms with Gasteiger partial charge in [0.05, 0.1) is 6.61 Å². The van der Waals surface area contributed by atoms with Gasteiger partial charge in [-0.2, -0.15) is 0 Å². The summed E-state index contributed by atoms with van der Waals surface area (Å²) >= 11 is 0. The van der Waals surface area contributed by atoms with E-state index in [0.717, 1.165) is 24.8 Å². The molecule has 0 bridgehead atoms. The second kappa shape index (κ2) is 8.74. The Balaban J connectivity index is 1.39. The molecule has 1 saturated heterocycles. The Morgan fingerprint density at radius 1 is 1.00 bits per heavy atom. The van der Waals surface area contributed by atoms with Crippen LogP contribution >= 0.6 is 0 Å². The van der Waals surface area contributed by atoms with Gasteiger partial charge in [-0.3, -0.25) is 4.90 Å². The zero-order valence-corrected chi connectivity index (χ0v) is 14.6. The lowest BCUT2D eigenvalue weighted by atomic mass is 9.96. The summed E-state index contributed by atoms with van der Waals surface area (Å²) < 4.78 is 5.48. The standard InChI is InChI=1S/C21H28N2O/c1-2-24-21-10-8-20(9-11-21)22-16-18-12-14-23(15-13-18)17-19-6-4-3-5-7-19/h3-11,18,22H,2,12-17H2,1H3. The third-order valence-electron chi connectivity index (χ3n) is 4.72. The van der Waals surface area contributed by atoms with Gasteiger partial charge in [0, 0.05) is 18.8 Å². The lowest BCUT2D eigenvalue weighted by Crippen LogP contribution is -2.35. The molecule has 1 fully saturated rings. The van der Waals surface area contributed by atoms with Crippen LogP contribution in [-0.4, -0.2) is 31.1 Å². The van der Waals surface area contributed by atoms with E-state index in [0.29, 0.717) is 6.61 Å². The number of benzene rings is 2. The Labute approximate surface area is 145 Å². The first-order valence-electron chi connectivity index (χ1n) is 9.06. The summed E-state index contributed by atoms with van der Waals surface area (Å²) in [6.45, 7) is 7.27. The number of nitrogens with one attached hydrogen (secondary N) is 1. The van der Waals surface area contributed by atoms with E-state index in [4.69, 9.17) is 4.74 Å². The SMILES string of the molecule is CCOc1ccc(NCC2CCN(Cc3ccccc3)CC2)cc1. The second-order valence-corrected chi connectivity index (χ2v) is 6.54. The first-order valence-corrected chi connectivity index (χ1v) is 9.06. The fourth-order valence-electron chi connectivity index (χ4n) is 3.29. The summed E-state index contributed by atoms with van der Waals surface area (Å²) in [6, 6.07) is 19.1. The molecule has 24 heavy (non-hydrogen) atoms. The molecular formula is C21H28N2O. The van der Waals surface area contributed by atoms with E-state index < -0.39 is 0 Å². The highest BCUT2D eigenvalue weighted by Gasteiger charge is 2.18. The minimum absolute atomic E-state index is 0.717. The maximum atomic E-state index is 5.48. The molecule has 2 aromatic rings. The molecule has 1 N–H and O–H groups in total. The number of hydrogen-bond donors (Lipinski definition) is 1. The summed E-state index contributed by atoms with van der Waals surface area (Å²) in [7, 11) is 0. The van der Waals surface area contributed by atoms with Crippen LogP contribution in [-0.2, 0) is 6.54 Å². The van der Waals surface area contributed by atoms with Gasteiger partial charge < -0.3 is 10.1 Å². The van der Waals surface area contributed by atoms with Crippen molar-refractivity contribution in [2.75, 3.05) is 31.6 Å². The van der Waals surface area contributed by atoms with E-state index in [9.17, 15) is 0 Å². The monoisotopic (exact) mass is 324 g/mol. The molecule has 0 saturated carbocycles. The number of rotatable bonds is 7. The quantitative estimate of drug-likeness (QED) is 0.816. The van der Waals surface area contributed by atoms with Gasteiger partial charge in [0.2, 0.25) is 0 Å². The van der Waals surface area contributed by atoms with Crippen molar-refractivity contribution in [1.29, 1.82) is 0 Å². The van der Waals surface area contributed by atoms with Crippen molar-refractivity contribution >= 4 is 5.69 Å². The maximum Gasteiger partial charge on any atom is 0.119 e. The van der Waals surface area contributed by atoms with Gasteiger partial charge in [0.1, 0.15) is 5.75 Å². The summed E-state index contributed by atoms with van der Waals surface area (Å²) in [4.78, 5) is 2.57. The van der Waals surface area contributed by atoms with Crippen molar-refractivity contribution in [2.24, 2.45) is 5.92 Å². The van der Waals surface area contributed by atoms with E-state index >= 15 is 0 Å². The average molecular weight is 324 g/mol. The number of likely N-dealkylation sites (tertiary alicyclic amines) is 1. The van der Waals surface area contributed by atoms with Crippen LogP contribution in [0.4, 0.5) is 5.69 Å². The minimum Gasteiger partial charge on any atom is -0.494 e. The summed E-state index contributed by atoms with van der Waals surface area (Å²) in [5.74, 6) is 1.71. The number of nitrogens with zero attached hydrogens (tertiary/aromatic N) is 1. The van der Waals surface area contributed by atoms with Crippen molar-refractivity contribution < 1.29 is 4.74 Å².